The van der Waals surface area contributed by atoms with E-state index in [1.54, 1.807) is 24.3 Å². The van der Waals surface area contributed by atoms with Crippen LogP contribution in [0, 0.1) is 20.8 Å². The highest BCUT2D eigenvalue weighted by Gasteiger charge is 2.20. The lowest BCUT2D eigenvalue weighted by Crippen LogP contribution is -2.12. The van der Waals surface area contributed by atoms with Crippen LogP contribution in [0.15, 0.2) is 64.8 Å². The van der Waals surface area contributed by atoms with Crippen LogP contribution in [0.4, 0.5) is 16.4 Å². The maximum Gasteiger partial charge on any atom is 0.260 e. The molecule has 0 radical (unpaired) electrons. The number of azo groups is 1. The fraction of sp³-hybridized carbons (Fsp3) is 0.120. The second kappa shape index (κ2) is 8.72. The molecule has 0 aliphatic heterocycles. The summed E-state index contributed by atoms with van der Waals surface area (Å²) in [5, 5.41) is 24.0. The van der Waals surface area contributed by atoms with E-state index in [2.05, 4.69) is 15.5 Å². The van der Waals surface area contributed by atoms with Crippen LogP contribution in [-0.2, 0) is 0 Å². The van der Waals surface area contributed by atoms with Crippen LogP contribution in [-0.4, -0.2) is 17.3 Å². The summed E-state index contributed by atoms with van der Waals surface area (Å²) < 4.78 is 0. The number of nitrogens with one attached hydrogen (secondary N) is 1. The van der Waals surface area contributed by atoms with Crippen LogP contribution in [0.3, 0.4) is 0 Å². The topological polar surface area (TPSA) is 91.1 Å². The third kappa shape index (κ3) is 4.02. The minimum Gasteiger partial charge on any atom is -0.505 e. The number of anilines is 1. The quantitative estimate of drug-likeness (QED) is 0.257. The van der Waals surface area contributed by atoms with E-state index in [4.69, 9.17) is 0 Å². The number of aldehydes is 1. The molecule has 0 atom stereocenters. The highest BCUT2D eigenvalue weighted by Crippen LogP contribution is 2.40. The lowest BCUT2D eigenvalue weighted by atomic mass is 10.0. The molecule has 0 unspecified atom stereocenters. The summed E-state index contributed by atoms with van der Waals surface area (Å²) in [5.41, 5.74) is 3.25. The van der Waals surface area contributed by atoms with Crippen molar-refractivity contribution in [3.63, 3.8) is 0 Å². The van der Waals surface area contributed by atoms with Gasteiger partial charge in [-0.1, -0.05) is 36.4 Å². The lowest BCUT2D eigenvalue weighted by Gasteiger charge is -2.12. The smallest absolute Gasteiger partial charge is 0.260 e. The Morgan fingerprint density at radius 3 is 2.56 bits per heavy atom. The molecule has 0 saturated carbocycles. The molecule has 7 heteroatoms. The minimum absolute atomic E-state index is 0.118. The number of aryl methyl sites for hydroxylation is 2. The number of aromatic hydroxyl groups is 1. The van der Waals surface area contributed by atoms with Gasteiger partial charge >= 0.3 is 0 Å². The van der Waals surface area contributed by atoms with Crippen molar-refractivity contribution >= 4 is 50.7 Å². The Morgan fingerprint density at radius 2 is 1.81 bits per heavy atom. The van der Waals surface area contributed by atoms with Crippen molar-refractivity contribution in [2.24, 2.45) is 10.2 Å². The standard InChI is InChI=1S/C25H21N3O3S/c1-14-7-6-9-18(11-14)26-24(31)22-19-10-5-4-8-17(19)12-21(23(22)30)27-28-25-20(13-29)15(2)16(3)32-25/h4-13,30H,1-3H3,(H,26,31)/b28-27+. The van der Waals surface area contributed by atoms with Crippen molar-refractivity contribution in [2.75, 3.05) is 5.32 Å². The molecule has 0 bridgehead atoms. The molecular weight excluding hydrogens is 422 g/mol. The average Bonchev–Trinajstić information content (AvgIpc) is 3.04. The second-order valence-corrected chi connectivity index (χ2v) is 8.69. The molecule has 1 aromatic heterocycles. The van der Waals surface area contributed by atoms with Crippen molar-refractivity contribution in [1.29, 1.82) is 0 Å². The highest BCUT2D eigenvalue weighted by atomic mass is 32.1. The molecule has 4 aromatic rings. The second-order valence-electron chi connectivity index (χ2n) is 7.48. The van der Waals surface area contributed by atoms with Crippen molar-refractivity contribution in [3.8, 4) is 5.75 Å². The molecule has 3 aromatic carbocycles. The highest BCUT2D eigenvalue weighted by molar-refractivity contribution is 7.16. The zero-order chi connectivity index (χ0) is 22.8. The van der Waals surface area contributed by atoms with Crippen molar-refractivity contribution in [2.45, 2.75) is 20.8 Å². The number of phenolic OH excluding ortho intramolecular Hbond substituents is 1. The van der Waals surface area contributed by atoms with Gasteiger partial charge in [-0.25, -0.2) is 0 Å². The Balaban J connectivity index is 1.80. The summed E-state index contributed by atoms with van der Waals surface area (Å²) in [4.78, 5) is 25.6. The van der Waals surface area contributed by atoms with Crippen LogP contribution in [0.2, 0.25) is 0 Å². The summed E-state index contributed by atoms with van der Waals surface area (Å²) in [5.74, 6) is -0.715. The van der Waals surface area contributed by atoms with Gasteiger partial charge in [0.1, 0.15) is 10.7 Å². The number of benzene rings is 3. The molecule has 1 amide bonds. The molecule has 4 rings (SSSR count). The number of carbonyl (C=O) groups is 2. The third-order valence-electron chi connectivity index (χ3n) is 5.28. The molecule has 32 heavy (non-hydrogen) atoms. The van der Waals surface area contributed by atoms with E-state index < -0.39 is 5.91 Å². The number of nitrogens with zero attached hydrogens (tertiary/aromatic N) is 2. The van der Waals surface area contributed by atoms with Crippen molar-refractivity contribution in [1.82, 2.24) is 0 Å². The van der Waals surface area contributed by atoms with Crippen LogP contribution < -0.4 is 5.32 Å². The van der Waals surface area contributed by atoms with Gasteiger partial charge in [0.2, 0.25) is 0 Å². The SMILES string of the molecule is Cc1cccc(NC(=O)c2c(O)c(/N=N/c3sc(C)c(C)c3C=O)cc3ccccc23)c1. The molecule has 0 fully saturated rings. The van der Waals surface area contributed by atoms with Crippen molar-refractivity contribution in [3.05, 3.63) is 81.7 Å². The Kier molecular flexibility index (Phi) is 5.83. The first-order valence-corrected chi connectivity index (χ1v) is 10.8. The monoisotopic (exact) mass is 443 g/mol. The van der Waals surface area contributed by atoms with Gasteiger partial charge in [-0.05, 0) is 60.9 Å². The van der Waals surface area contributed by atoms with E-state index in [-0.39, 0.29) is 17.0 Å². The summed E-state index contributed by atoms with van der Waals surface area (Å²) in [7, 11) is 0. The van der Waals surface area contributed by atoms with E-state index in [0.717, 1.165) is 27.7 Å². The summed E-state index contributed by atoms with van der Waals surface area (Å²) >= 11 is 1.36. The first kappa shape index (κ1) is 21.4. The number of hydrogen-bond acceptors (Lipinski definition) is 6. The number of amides is 1. The maximum absolute atomic E-state index is 13.1. The maximum atomic E-state index is 13.1. The van der Waals surface area contributed by atoms with Gasteiger partial charge in [0.05, 0.1) is 11.1 Å². The first-order chi connectivity index (χ1) is 15.4. The Bertz CT molecular complexity index is 1390. The van der Waals surface area contributed by atoms with E-state index in [9.17, 15) is 14.7 Å². The van der Waals surface area contributed by atoms with Crippen LogP contribution in [0.5, 0.6) is 5.75 Å². The average molecular weight is 444 g/mol. The van der Waals surface area contributed by atoms with Gasteiger partial charge in [0.25, 0.3) is 5.91 Å². The Hall–Kier alpha value is -3.84. The van der Waals surface area contributed by atoms with Gasteiger partial charge in [-0.2, -0.15) is 0 Å². The summed E-state index contributed by atoms with van der Waals surface area (Å²) in [6.45, 7) is 5.70. The lowest BCUT2D eigenvalue weighted by molar-refractivity contribution is 0.102. The molecule has 6 nitrogen and oxygen atoms in total. The molecular formula is C25H21N3O3S. The van der Waals surface area contributed by atoms with E-state index in [1.807, 2.05) is 51.1 Å². The van der Waals surface area contributed by atoms with E-state index in [0.29, 0.717) is 21.6 Å². The van der Waals surface area contributed by atoms with Crippen LogP contribution in [0.25, 0.3) is 10.8 Å². The number of hydrogen-bond donors (Lipinski definition) is 2. The largest absolute Gasteiger partial charge is 0.505 e. The van der Waals surface area contributed by atoms with Gasteiger partial charge in [-0.3, -0.25) is 9.59 Å². The third-order valence-corrected chi connectivity index (χ3v) is 6.39. The number of carbonyl (C=O) groups excluding carboxylic acids is 2. The fourth-order valence-corrected chi connectivity index (χ4v) is 4.43. The molecule has 1 heterocycles. The van der Waals surface area contributed by atoms with Gasteiger partial charge in [0, 0.05) is 10.6 Å². The molecule has 160 valence electrons. The normalized spacial score (nSPS) is 11.2. The predicted molar refractivity (Wildman–Crippen MR) is 128 cm³/mol. The zero-order valence-corrected chi connectivity index (χ0v) is 18.7. The van der Waals surface area contributed by atoms with E-state index in [1.165, 1.54) is 11.3 Å². The first-order valence-electron chi connectivity index (χ1n) is 9.98. The summed E-state index contributed by atoms with van der Waals surface area (Å²) in [6, 6.07) is 16.4. The molecule has 0 aliphatic carbocycles. The Morgan fingerprint density at radius 1 is 1.03 bits per heavy atom. The summed E-state index contributed by atoms with van der Waals surface area (Å²) in [6.07, 6.45) is 0.758. The molecule has 2 N–H and O–H groups in total. The zero-order valence-electron chi connectivity index (χ0n) is 17.8. The van der Waals surface area contributed by atoms with E-state index >= 15 is 0 Å². The molecule has 0 saturated heterocycles. The number of thiophene rings is 1. The van der Waals surface area contributed by atoms with Gasteiger partial charge in [0.15, 0.2) is 12.0 Å². The number of fused-ring (bicyclic) bond motifs is 1. The predicted octanol–water partition coefficient (Wildman–Crippen LogP) is 7.01. The number of rotatable bonds is 5. The molecule has 0 spiro atoms. The van der Waals surface area contributed by atoms with Crippen LogP contribution >= 0.6 is 11.3 Å². The Labute approximate surface area is 189 Å². The van der Waals surface area contributed by atoms with Gasteiger partial charge < -0.3 is 10.4 Å². The minimum atomic E-state index is -0.447. The van der Waals surface area contributed by atoms with Crippen LogP contribution in [0.1, 0.15) is 36.7 Å². The number of phenols is 1. The molecule has 0 aliphatic rings. The van der Waals surface area contributed by atoms with Gasteiger partial charge in [-0.15, -0.1) is 21.6 Å². The fourth-order valence-electron chi connectivity index (χ4n) is 3.48. The van der Waals surface area contributed by atoms with Crippen molar-refractivity contribution < 1.29 is 14.7 Å².